The van der Waals surface area contributed by atoms with Gasteiger partial charge in [0.15, 0.2) is 0 Å². The van der Waals surface area contributed by atoms with Crippen LogP contribution in [0.2, 0.25) is 0 Å². The predicted octanol–water partition coefficient (Wildman–Crippen LogP) is 4.89. The Morgan fingerprint density at radius 1 is 1.11 bits per heavy atom. The van der Waals surface area contributed by atoms with Crippen LogP contribution in [0.3, 0.4) is 0 Å². The van der Waals surface area contributed by atoms with Crippen LogP contribution in [0.5, 0.6) is 0 Å². The third-order valence-corrected chi connectivity index (χ3v) is 4.57. The van der Waals surface area contributed by atoms with Gasteiger partial charge in [0.1, 0.15) is 5.78 Å². The first kappa shape index (κ1) is 14.3. The van der Waals surface area contributed by atoms with Crippen LogP contribution >= 0.6 is 0 Å². The van der Waals surface area contributed by atoms with Crippen molar-refractivity contribution < 1.29 is 4.79 Å². The number of carbonyl (C=O) groups is 1. The lowest BCUT2D eigenvalue weighted by molar-refractivity contribution is -0.121. The zero-order chi connectivity index (χ0) is 13.7. The zero-order valence-electron chi connectivity index (χ0n) is 12.3. The second kappa shape index (κ2) is 6.88. The van der Waals surface area contributed by atoms with Gasteiger partial charge in [-0.2, -0.15) is 0 Å². The summed E-state index contributed by atoms with van der Waals surface area (Å²) < 4.78 is 0. The molecule has 0 heterocycles. The SMILES string of the molecule is CCCCc1ccc(C2CCC(C(C)=O)CC2)cc1. The molecule has 0 radical (unpaired) electrons. The van der Waals surface area contributed by atoms with Crippen LogP contribution in [0.4, 0.5) is 0 Å². The molecule has 0 aromatic heterocycles. The molecular weight excluding hydrogens is 232 g/mol. The van der Waals surface area contributed by atoms with Crippen molar-refractivity contribution in [1.29, 1.82) is 0 Å². The van der Waals surface area contributed by atoms with Gasteiger partial charge in [0.05, 0.1) is 0 Å². The average Bonchev–Trinajstić information content (AvgIpc) is 2.46. The van der Waals surface area contributed by atoms with Gasteiger partial charge < -0.3 is 0 Å². The fourth-order valence-electron chi connectivity index (χ4n) is 3.17. The van der Waals surface area contributed by atoms with Crippen LogP contribution < -0.4 is 0 Å². The van der Waals surface area contributed by atoms with E-state index in [9.17, 15) is 4.79 Å². The van der Waals surface area contributed by atoms with E-state index in [0.717, 1.165) is 12.8 Å². The van der Waals surface area contributed by atoms with Crippen LogP contribution in [0, 0.1) is 5.92 Å². The Balaban J connectivity index is 1.90. The van der Waals surface area contributed by atoms with Crippen molar-refractivity contribution >= 4 is 5.78 Å². The third kappa shape index (κ3) is 3.92. The smallest absolute Gasteiger partial charge is 0.132 e. The highest BCUT2D eigenvalue weighted by atomic mass is 16.1. The summed E-state index contributed by atoms with van der Waals surface area (Å²) in [5, 5.41) is 0. The Labute approximate surface area is 117 Å². The van der Waals surface area contributed by atoms with Gasteiger partial charge >= 0.3 is 0 Å². The minimum atomic E-state index is 0.333. The molecule has 1 heteroatoms. The van der Waals surface area contributed by atoms with Crippen molar-refractivity contribution in [2.24, 2.45) is 5.92 Å². The quantitative estimate of drug-likeness (QED) is 0.734. The van der Waals surface area contributed by atoms with E-state index in [0.29, 0.717) is 17.6 Å². The molecule has 0 spiro atoms. The van der Waals surface area contributed by atoms with E-state index in [2.05, 4.69) is 31.2 Å². The molecule has 0 bridgehead atoms. The van der Waals surface area contributed by atoms with E-state index in [1.54, 1.807) is 6.92 Å². The lowest BCUT2D eigenvalue weighted by atomic mass is 9.77. The molecule has 2 rings (SSSR count). The van der Waals surface area contributed by atoms with Crippen molar-refractivity contribution in [1.82, 2.24) is 0 Å². The largest absolute Gasteiger partial charge is 0.300 e. The van der Waals surface area contributed by atoms with Crippen molar-refractivity contribution in [2.75, 3.05) is 0 Å². The predicted molar refractivity (Wildman–Crippen MR) is 80.4 cm³/mol. The van der Waals surface area contributed by atoms with Crippen molar-refractivity contribution in [2.45, 2.75) is 64.7 Å². The summed E-state index contributed by atoms with van der Waals surface area (Å²) in [6.45, 7) is 3.98. The summed E-state index contributed by atoms with van der Waals surface area (Å²) in [4.78, 5) is 11.4. The molecule has 0 atom stereocenters. The van der Waals surface area contributed by atoms with Gasteiger partial charge in [0.25, 0.3) is 0 Å². The fourth-order valence-corrected chi connectivity index (χ4v) is 3.17. The fraction of sp³-hybridized carbons (Fsp3) is 0.611. The van der Waals surface area contributed by atoms with Gasteiger partial charge in [-0.15, -0.1) is 0 Å². The van der Waals surface area contributed by atoms with Gasteiger partial charge in [-0.05, 0) is 62.5 Å². The molecule has 19 heavy (non-hydrogen) atoms. The van der Waals surface area contributed by atoms with E-state index in [-0.39, 0.29) is 0 Å². The summed E-state index contributed by atoms with van der Waals surface area (Å²) in [5.74, 6) is 1.39. The summed E-state index contributed by atoms with van der Waals surface area (Å²) in [6.07, 6.45) is 8.26. The molecule has 1 aromatic carbocycles. The van der Waals surface area contributed by atoms with E-state index in [1.807, 2.05) is 0 Å². The number of rotatable bonds is 5. The second-order valence-electron chi connectivity index (χ2n) is 6.00. The molecule has 0 aliphatic heterocycles. The Morgan fingerprint density at radius 3 is 2.26 bits per heavy atom. The Kier molecular flexibility index (Phi) is 5.18. The Bertz CT molecular complexity index is 396. The number of carbonyl (C=O) groups excluding carboxylic acids is 1. The van der Waals surface area contributed by atoms with Crippen molar-refractivity contribution in [3.8, 4) is 0 Å². The highest BCUT2D eigenvalue weighted by molar-refractivity contribution is 5.78. The lowest BCUT2D eigenvalue weighted by Gasteiger charge is -2.27. The molecule has 1 fully saturated rings. The van der Waals surface area contributed by atoms with E-state index < -0.39 is 0 Å². The van der Waals surface area contributed by atoms with E-state index in [4.69, 9.17) is 0 Å². The summed E-state index contributed by atoms with van der Waals surface area (Å²) in [5.41, 5.74) is 2.94. The maximum Gasteiger partial charge on any atom is 0.132 e. The molecule has 0 N–H and O–H groups in total. The Morgan fingerprint density at radius 2 is 1.74 bits per heavy atom. The van der Waals surface area contributed by atoms with E-state index >= 15 is 0 Å². The number of hydrogen-bond acceptors (Lipinski definition) is 1. The minimum absolute atomic E-state index is 0.333. The lowest BCUT2D eigenvalue weighted by Crippen LogP contribution is -2.18. The standard InChI is InChI=1S/C18H26O/c1-3-4-5-15-6-8-17(9-7-15)18-12-10-16(11-13-18)14(2)19/h6-9,16,18H,3-5,10-13H2,1-2H3. The molecule has 0 amide bonds. The molecule has 1 saturated carbocycles. The number of ketones is 1. The van der Waals surface area contributed by atoms with Crippen molar-refractivity contribution in [3.05, 3.63) is 35.4 Å². The highest BCUT2D eigenvalue weighted by Gasteiger charge is 2.24. The maximum atomic E-state index is 11.4. The van der Waals surface area contributed by atoms with Crippen LogP contribution in [0.25, 0.3) is 0 Å². The molecule has 1 aliphatic rings. The first-order valence-electron chi connectivity index (χ1n) is 7.80. The van der Waals surface area contributed by atoms with Crippen LogP contribution in [-0.4, -0.2) is 5.78 Å². The molecule has 0 unspecified atom stereocenters. The number of unbranched alkanes of at least 4 members (excludes halogenated alkanes) is 1. The van der Waals surface area contributed by atoms with Gasteiger partial charge in [0, 0.05) is 5.92 Å². The molecule has 1 aliphatic carbocycles. The number of benzene rings is 1. The molecule has 1 nitrogen and oxygen atoms in total. The van der Waals surface area contributed by atoms with Gasteiger partial charge in [-0.3, -0.25) is 4.79 Å². The number of Topliss-reactive ketones (excluding diaryl/α,β-unsaturated/α-hetero) is 1. The van der Waals surface area contributed by atoms with Gasteiger partial charge in [-0.1, -0.05) is 37.6 Å². The topological polar surface area (TPSA) is 17.1 Å². The number of hydrogen-bond donors (Lipinski definition) is 0. The minimum Gasteiger partial charge on any atom is -0.300 e. The zero-order valence-corrected chi connectivity index (χ0v) is 12.3. The average molecular weight is 258 g/mol. The second-order valence-corrected chi connectivity index (χ2v) is 6.00. The normalized spacial score (nSPS) is 23.3. The third-order valence-electron chi connectivity index (χ3n) is 4.57. The first-order valence-corrected chi connectivity index (χ1v) is 7.80. The van der Waals surface area contributed by atoms with E-state index in [1.165, 1.54) is 43.2 Å². The van der Waals surface area contributed by atoms with Crippen LogP contribution in [0.1, 0.15) is 69.4 Å². The molecular formula is C18H26O. The molecule has 104 valence electrons. The van der Waals surface area contributed by atoms with Gasteiger partial charge in [0.2, 0.25) is 0 Å². The maximum absolute atomic E-state index is 11.4. The summed E-state index contributed by atoms with van der Waals surface area (Å²) in [7, 11) is 0. The summed E-state index contributed by atoms with van der Waals surface area (Å²) >= 11 is 0. The number of aryl methyl sites for hydroxylation is 1. The van der Waals surface area contributed by atoms with Crippen LogP contribution in [0.15, 0.2) is 24.3 Å². The molecule has 0 saturated heterocycles. The monoisotopic (exact) mass is 258 g/mol. The summed E-state index contributed by atoms with van der Waals surface area (Å²) in [6, 6.07) is 9.21. The first-order chi connectivity index (χ1) is 9.20. The highest BCUT2D eigenvalue weighted by Crippen LogP contribution is 2.36. The Hall–Kier alpha value is -1.11. The van der Waals surface area contributed by atoms with Gasteiger partial charge in [-0.25, -0.2) is 0 Å². The molecule has 1 aromatic rings. The van der Waals surface area contributed by atoms with Crippen molar-refractivity contribution in [3.63, 3.8) is 0 Å². The van der Waals surface area contributed by atoms with Crippen LogP contribution in [-0.2, 0) is 11.2 Å².